The van der Waals surface area contributed by atoms with E-state index in [2.05, 4.69) is 25.3 Å². The largest absolute Gasteiger partial charge is 0.368 e. The van der Waals surface area contributed by atoms with Crippen LogP contribution in [0.3, 0.4) is 0 Å². The van der Waals surface area contributed by atoms with Gasteiger partial charge in [0.05, 0.1) is 33.5 Å². The van der Waals surface area contributed by atoms with Crippen LogP contribution in [0.1, 0.15) is 25.7 Å². The zero-order valence-corrected chi connectivity index (χ0v) is 21.8. The minimum Gasteiger partial charge on any atom is -0.368 e. The maximum absolute atomic E-state index is 14.9. The predicted octanol–water partition coefficient (Wildman–Crippen LogP) is 5.32. The highest BCUT2D eigenvalue weighted by atomic mass is 19.1. The van der Waals surface area contributed by atoms with E-state index in [0.717, 1.165) is 0 Å². The highest BCUT2D eigenvalue weighted by Crippen LogP contribution is 2.32. The first-order valence-corrected chi connectivity index (χ1v) is 12.8. The number of anilines is 2. The first kappa shape index (κ1) is 25.1. The van der Waals surface area contributed by atoms with Crippen LogP contribution in [0.2, 0.25) is 0 Å². The summed E-state index contributed by atoms with van der Waals surface area (Å²) in [6.45, 7) is 4.01. The summed E-state index contributed by atoms with van der Waals surface area (Å²) in [7, 11) is 0. The number of fused-ring (bicyclic) bond motifs is 2. The van der Waals surface area contributed by atoms with E-state index in [1.54, 1.807) is 35.2 Å². The number of hydrogen-bond donors (Lipinski definition) is 2. The van der Waals surface area contributed by atoms with Crippen molar-refractivity contribution in [2.75, 3.05) is 11.1 Å². The van der Waals surface area contributed by atoms with Gasteiger partial charge >= 0.3 is 0 Å². The van der Waals surface area contributed by atoms with Crippen LogP contribution in [0, 0.1) is 11.7 Å². The molecule has 3 aromatic carbocycles. The molecule has 6 rings (SSSR count). The van der Waals surface area contributed by atoms with Crippen LogP contribution in [0.5, 0.6) is 0 Å². The lowest BCUT2D eigenvalue weighted by molar-refractivity contribution is 0.509. The summed E-state index contributed by atoms with van der Waals surface area (Å²) in [5.41, 5.74) is 8.35. The van der Waals surface area contributed by atoms with E-state index in [1.807, 2.05) is 56.3 Å². The third-order valence-electron chi connectivity index (χ3n) is 6.77. The normalized spacial score (nSPS) is 12.2. The molecule has 0 saturated carbocycles. The van der Waals surface area contributed by atoms with Gasteiger partial charge in [0, 0.05) is 18.0 Å². The molecule has 198 valence electrons. The summed E-state index contributed by atoms with van der Waals surface area (Å²) in [6, 6.07) is 19.0. The Kier molecular flexibility index (Phi) is 6.35. The van der Waals surface area contributed by atoms with E-state index in [0.29, 0.717) is 44.9 Å². The second-order valence-corrected chi connectivity index (χ2v) is 9.70. The number of nitrogens with one attached hydrogen (secondary N) is 1. The maximum Gasteiger partial charge on any atom is 0.266 e. The molecule has 0 amide bonds. The molecule has 0 bridgehead atoms. The predicted molar refractivity (Wildman–Crippen MR) is 153 cm³/mol. The Morgan fingerprint density at radius 2 is 1.57 bits per heavy atom. The van der Waals surface area contributed by atoms with E-state index in [9.17, 15) is 9.18 Å². The minimum absolute atomic E-state index is 0.0650. The monoisotopic (exact) mass is 532 g/mol. The van der Waals surface area contributed by atoms with Gasteiger partial charge in [-0.05, 0) is 41.8 Å². The molecule has 0 aliphatic carbocycles. The second-order valence-electron chi connectivity index (χ2n) is 9.70. The van der Waals surface area contributed by atoms with Crippen LogP contribution in [0.25, 0.3) is 38.6 Å². The fourth-order valence-corrected chi connectivity index (χ4v) is 4.85. The summed E-state index contributed by atoms with van der Waals surface area (Å²) in [4.78, 5) is 36.2. The Balaban J connectivity index is 1.61. The third kappa shape index (κ3) is 4.39. The van der Waals surface area contributed by atoms with Crippen LogP contribution in [-0.2, 0) is 0 Å². The van der Waals surface area contributed by atoms with Crippen molar-refractivity contribution in [2.45, 2.75) is 19.9 Å². The van der Waals surface area contributed by atoms with Crippen molar-refractivity contribution in [3.05, 3.63) is 107 Å². The molecule has 40 heavy (non-hydrogen) atoms. The molecule has 3 aromatic heterocycles. The molecule has 10 heteroatoms. The maximum atomic E-state index is 14.9. The minimum atomic E-state index is -0.515. The fraction of sp³-hybridized carbons (Fsp3) is 0.133. The van der Waals surface area contributed by atoms with Crippen molar-refractivity contribution in [1.82, 2.24) is 29.5 Å². The van der Waals surface area contributed by atoms with E-state index in [1.165, 1.54) is 12.4 Å². The summed E-state index contributed by atoms with van der Waals surface area (Å²) >= 11 is 0. The topological polar surface area (TPSA) is 124 Å². The molecular weight excluding hydrogens is 507 g/mol. The number of aromatic nitrogens is 6. The molecule has 3 heterocycles. The van der Waals surface area contributed by atoms with Gasteiger partial charge in [-0.1, -0.05) is 50.2 Å². The van der Waals surface area contributed by atoms with Gasteiger partial charge in [-0.3, -0.25) is 9.36 Å². The molecule has 3 N–H and O–H groups in total. The smallest absolute Gasteiger partial charge is 0.266 e. The van der Waals surface area contributed by atoms with Gasteiger partial charge in [-0.25, -0.2) is 29.3 Å². The van der Waals surface area contributed by atoms with Crippen LogP contribution in [0.15, 0.2) is 90.2 Å². The number of benzene rings is 3. The highest BCUT2D eigenvalue weighted by molar-refractivity contribution is 5.94. The van der Waals surface area contributed by atoms with Gasteiger partial charge < -0.3 is 11.1 Å². The highest BCUT2D eigenvalue weighted by Gasteiger charge is 2.26. The van der Waals surface area contributed by atoms with Crippen molar-refractivity contribution >= 4 is 33.6 Å². The molecule has 9 nitrogen and oxygen atoms in total. The van der Waals surface area contributed by atoms with Crippen molar-refractivity contribution in [2.24, 2.45) is 5.92 Å². The van der Waals surface area contributed by atoms with E-state index >= 15 is 0 Å². The molecule has 0 unspecified atom stereocenters. The molecule has 0 fully saturated rings. The Hall–Kier alpha value is -5.25. The van der Waals surface area contributed by atoms with Gasteiger partial charge in [0.25, 0.3) is 5.56 Å². The molecule has 6 aromatic rings. The van der Waals surface area contributed by atoms with E-state index in [-0.39, 0.29) is 22.8 Å². The number of nitrogens with zero attached hydrogens (tertiary/aromatic N) is 6. The zero-order chi connectivity index (χ0) is 27.8. The number of nitrogen functional groups attached to an aromatic ring is 1. The lowest BCUT2D eigenvalue weighted by Gasteiger charge is -2.26. The lowest BCUT2D eigenvalue weighted by Crippen LogP contribution is -2.31. The van der Waals surface area contributed by atoms with Gasteiger partial charge in [-0.2, -0.15) is 0 Å². The Labute approximate surface area is 228 Å². The third-order valence-corrected chi connectivity index (χ3v) is 6.77. The number of nitrogens with two attached hydrogens (primary N) is 1. The zero-order valence-electron chi connectivity index (χ0n) is 21.8. The molecule has 0 aliphatic rings. The Bertz CT molecular complexity index is 1900. The van der Waals surface area contributed by atoms with Crippen LogP contribution in [0.4, 0.5) is 16.2 Å². The second kappa shape index (κ2) is 10.1. The average Bonchev–Trinajstić information content (AvgIpc) is 2.96. The first-order valence-electron chi connectivity index (χ1n) is 12.8. The van der Waals surface area contributed by atoms with Gasteiger partial charge in [0.15, 0.2) is 0 Å². The molecule has 1 atom stereocenters. The van der Waals surface area contributed by atoms with Crippen LogP contribution in [-0.4, -0.2) is 29.5 Å². The summed E-state index contributed by atoms with van der Waals surface area (Å²) < 4.78 is 16.5. The first-order chi connectivity index (χ1) is 19.4. The summed E-state index contributed by atoms with van der Waals surface area (Å²) in [6.07, 6.45) is 4.57. The SMILES string of the molecule is CC(C)[C@H](Nc1ncnc2cccc(F)c12)c1nc2cccc(-c3cnc(N)nc3)c2c(=O)n1-c1ccccc1. The summed E-state index contributed by atoms with van der Waals surface area (Å²) in [5.74, 6) is 0.428. The Morgan fingerprint density at radius 1 is 0.850 bits per heavy atom. The molecule has 0 saturated heterocycles. The van der Waals surface area contributed by atoms with Crippen molar-refractivity contribution in [3.8, 4) is 16.8 Å². The van der Waals surface area contributed by atoms with Crippen LogP contribution >= 0.6 is 0 Å². The molecule has 0 radical (unpaired) electrons. The average molecular weight is 533 g/mol. The number of hydrogen-bond acceptors (Lipinski definition) is 8. The molecule has 0 aliphatic heterocycles. The number of rotatable bonds is 6. The number of para-hydroxylation sites is 1. The summed E-state index contributed by atoms with van der Waals surface area (Å²) in [5, 5.41) is 4.08. The quantitative estimate of drug-likeness (QED) is 0.295. The van der Waals surface area contributed by atoms with Gasteiger partial charge in [-0.15, -0.1) is 0 Å². The van der Waals surface area contributed by atoms with E-state index < -0.39 is 11.9 Å². The lowest BCUT2D eigenvalue weighted by atomic mass is 10.0. The fourth-order valence-electron chi connectivity index (χ4n) is 4.85. The Morgan fingerprint density at radius 3 is 2.33 bits per heavy atom. The molecule has 0 spiro atoms. The molecular formula is C30H25FN8O. The van der Waals surface area contributed by atoms with Crippen molar-refractivity contribution < 1.29 is 4.39 Å². The van der Waals surface area contributed by atoms with Crippen molar-refractivity contribution in [1.29, 1.82) is 0 Å². The van der Waals surface area contributed by atoms with E-state index in [4.69, 9.17) is 10.7 Å². The van der Waals surface area contributed by atoms with Gasteiger partial charge in [0.1, 0.15) is 23.8 Å². The van der Waals surface area contributed by atoms with Gasteiger partial charge in [0.2, 0.25) is 5.95 Å². The number of halogens is 1. The van der Waals surface area contributed by atoms with Crippen LogP contribution < -0.4 is 16.6 Å². The standard InChI is InChI=1S/C30H25FN8O/c1-17(2)26(38-27-25-21(31)11-7-12-22(25)35-16-36-27)28-37-23-13-6-10-20(18-14-33-30(32)34-15-18)24(23)29(40)39(28)19-8-4-3-5-9-19/h3-17,26H,1-2H3,(H2,32,33,34)(H,35,36,38)/t26-/m0/s1. The van der Waals surface area contributed by atoms with Crippen molar-refractivity contribution in [3.63, 3.8) is 0 Å².